The van der Waals surface area contributed by atoms with Crippen LogP contribution in [0.1, 0.15) is 30.1 Å². The quantitative estimate of drug-likeness (QED) is 0.798. The number of carbonyl (C=O) groups is 1. The van der Waals surface area contributed by atoms with Crippen molar-refractivity contribution >= 4 is 5.91 Å². The Hall–Kier alpha value is -1.61. The van der Waals surface area contributed by atoms with E-state index in [-0.39, 0.29) is 18.4 Å². The van der Waals surface area contributed by atoms with Crippen molar-refractivity contribution in [3.05, 3.63) is 47.5 Å². The second-order valence-corrected chi connectivity index (χ2v) is 4.76. The topological polar surface area (TPSA) is 49.3 Å². The number of aryl methyl sites for hydroxylation is 1. The van der Waals surface area contributed by atoms with E-state index in [4.69, 9.17) is 0 Å². The number of rotatable bonds is 4. The molecule has 0 heterocycles. The highest BCUT2D eigenvalue weighted by molar-refractivity contribution is 5.79. The van der Waals surface area contributed by atoms with Crippen molar-refractivity contribution in [3.63, 3.8) is 0 Å². The number of hydrogen-bond donors (Lipinski definition) is 2. The van der Waals surface area contributed by atoms with Gasteiger partial charge in [0.05, 0.1) is 6.10 Å². The van der Waals surface area contributed by atoms with Crippen LogP contribution in [0.3, 0.4) is 0 Å². The molecular formula is C15H19NO2. The lowest BCUT2D eigenvalue weighted by molar-refractivity contribution is -0.125. The predicted molar refractivity (Wildman–Crippen MR) is 71.0 cm³/mol. The van der Waals surface area contributed by atoms with Crippen LogP contribution in [0.25, 0.3) is 0 Å². The highest BCUT2D eigenvalue weighted by Crippen LogP contribution is 2.19. The van der Waals surface area contributed by atoms with Gasteiger partial charge in [-0.2, -0.15) is 0 Å². The first-order valence-electron chi connectivity index (χ1n) is 6.35. The second kappa shape index (κ2) is 5.83. The number of nitrogens with one attached hydrogen (secondary N) is 1. The van der Waals surface area contributed by atoms with Crippen LogP contribution < -0.4 is 5.32 Å². The minimum absolute atomic E-state index is 0.0348. The Kier molecular flexibility index (Phi) is 4.15. The van der Waals surface area contributed by atoms with E-state index in [0.717, 1.165) is 24.0 Å². The fraction of sp³-hybridized carbons (Fsp3) is 0.400. The summed E-state index contributed by atoms with van der Waals surface area (Å²) in [5.74, 6) is 0.0849. The van der Waals surface area contributed by atoms with Gasteiger partial charge in [-0.05, 0) is 30.9 Å². The standard InChI is InChI=1S/C15H19NO2/c1-11-6-2-5-9-13(11)14(17)10-16-15(18)12-7-3-4-8-12/h2-6,9,12,14,17H,7-8,10H2,1H3,(H,16,18). The molecule has 1 unspecified atom stereocenters. The molecule has 0 fully saturated rings. The van der Waals surface area contributed by atoms with Crippen LogP contribution in [0.15, 0.2) is 36.4 Å². The van der Waals surface area contributed by atoms with E-state index in [2.05, 4.69) is 5.32 Å². The van der Waals surface area contributed by atoms with E-state index in [9.17, 15) is 9.90 Å². The molecule has 0 saturated heterocycles. The van der Waals surface area contributed by atoms with E-state index in [1.54, 1.807) is 0 Å². The maximum Gasteiger partial charge on any atom is 0.223 e. The van der Waals surface area contributed by atoms with Gasteiger partial charge in [-0.15, -0.1) is 0 Å². The second-order valence-electron chi connectivity index (χ2n) is 4.76. The summed E-state index contributed by atoms with van der Waals surface area (Å²) in [4.78, 5) is 11.8. The molecule has 0 aromatic heterocycles. The Morgan fingerprint density at radius 2 is 2.06 bits per heavy atom. The molecule has 0 spiro atoms. The Morgan fingerprint density at radius 1 is 1.39 bits per heavy atom. The van der Waals surface area contributed by atoms with Crippen LogP contribution in [0.2, 0.25) is 0 Å². The number of hydrogen-bond acceptors (Lipinski definition) is 2. The van der Waals surface area contributed by atoms with Crippen molar-refractivity contribution in [2.45, 2.75) is 25.9 Å². The van der Waals surface area contributed by atoms with Crippen molar-refractivity contribution in [1.29, 1.82) is 0 Å². The number of carbonyl (C=O) groups excluding carboxylic acids is 1. The maximum atomic E-state index is 11.8. The van der Waals surface area contributed by atoms with Crippen LogP contribution in [-0.2, 0) is 4.79 Å². The summed E-state index contributed by atoms with van der Waals surface area (Å²) >= 11 is 0. The largest absolute Gasteiger partial charge is 0.387 e. The molecule has 0 aliphatic heterocycles. The summed E-state index contributed by atoms with van der Waals surface area (Å²) in [5, 5.41) is 12.9. The summed E-state index contributed by atoms with van der Waals surface area (Å²) < 4.78 is 0. The van der Waals surface area contributed by atoms with Crippen molar-refractivity contribution in [2.24, 2.45) is 5.92 Å². The van der Waals surface area contributed by atoms with Crippen molar-refractivity contribution in [2.75, 3.05) is 6.54 Å². The molecule has 0 radical (unpaired) electrons. The molecule has 1 atom stereocenters. The van der Waals surface area contributed by atoms with Crippen LogP contribution in [0, 0.1) is 12.8 Å². The smallest absolute Gasteiger partial charge is 0.223 e. The van der Waals surface area contributed by atoms with Crippen molar-refractivity contribution in [1.82, 2.24) is 5.32 Å². The molecule has 18 heavy (non-hydrogen) atoms. The van der Waals surface area contributed by atoms with Crippen molar-refractivity contribution < 1.29 is 9.90 Å². The lowest BCUT2D eigenvalue weighted by atomic mass is 10.0. The molecular weight excluding hydrogens is 226 g/mol. The van der Waals surface area contributed by atoms with Gasteiger partial charge in [0.2, 0.25) is 5.91 Å². The third-order valence-corrected chi connectivity index (χ3v) is 3.40. The fourth-order valence-electron chi connectivity index (χ4n) is 2.24. The Bertz CT molecular complexity index is 446. The number of aliphatic hydroxyl groups excluding tert-OH is 1. The molecule has 0 saturated carbocycles. The SMILES string of the molecule is Cc1ccccc1C(O)CNC(=O)C1CC=CC1. The molecule has 1 amide bonds. The maximum absolute atomic E-state index is 11.8. The lowest BCUT2D eigenvalue weighted by Gasteiger charge is -2.16. The molecule has 3 nitrogen and oxygen atoms in total. The summed E-state index contributed by atoms with van der Waals surface area (Å²) in [7, 11) is 0. The third kappa shape index (κ3) is 2.99. The van der Waals surface area contributed by atoms with Crippen LogP contribution in [0.4, 0.5) is 0 Å². The van der Waals surface area contributed by atoms with Gasteiger partial charge in [-0.25, -0.2) is 0 Å². The molecule has 1 aliphatic rings. The zero-order valence-corrected chi connectivity index (χ0v) is 10.6. The van der Waals surface area contributed by atoms with Gasteiger partial charge in [0.25, 0.3) is 0 Å². The first kappa shape index (κ1) is 12.8. The Morgan fingerprint density at radius 3 is 2.72 bits per heavy atom. The van der Waals surface area contributed by atoms with E-state index in [0.29, 0.717) is 0 Å². The molecule has 96 valence electrons. The van der Waals surface area contributed by atoms with Gasteiger partial charge in [0.1, 0.15) is 0 Å². The fourth-order valence-corrected chi connectivity index (χ4v) is 2.24. The number of amides is 1. The zero-order valence-electron chi connectivity index (χ0n) is 10.6. The zero-order chi connectivity index (χ0) is 13.0. The number of aliphatic hydroxyl groups is 1. The summed E-state index contributed by atoms with van der Waals surface area (Å²) in [6.07, 6.45) is 5.05. The van der Waals surface area contributed by atoms with Gasteiger partial charge in [-0.1, -0.05) is 36.4 Å². The monoisotopic (exact) mass is 245 g/mol. The number of benzene rings is 1. The first-order chi connectivity index (χ1) is 8.68. The average molecular weight is 245 g/mol. The third-order valence-electron chi connectivity index (χ3n) is 3.40. The van der Waals surface area contributed by atoms with E-state index in [1.807, 2.05) is 43.3 Å². The molecule has 1 aromatic rings. The van der Waals surface area contributed by atoms with E-state index in [1.165, 1.54) is 0 Å². The van der Waals surface area contributed by atoms with E-state index < -0.39 is 6.10 Å². The molecule has 0 bridgehead atoms. The van der Waals surface area contributed by atoms with Crippen LogP contribution >= 0.6 is 0 Å². The molecule has 1 aliphatic carbocycles. The highest BCUT2D eigenvalue weighted by Gasteiger charge is 2.20. The highest BCUT2D eigenvalue weighted by atomic mass is 16.3. The summed E-state index contributed by atoms with van der Waals surface area (Å²) in [6, 6.07) is 7.69. The minimum Gasteiger partial charge on any atom is -0.387 e. The molecule has 2 N–H and O–H groups in total. The summed E-state index contributed by atoms with van der Waals surface area (Å²) in [5.41, 5.74) is 1.92. The minimum atomic E-state index is -0.635. The normalized spacial score (nSPS) is 16.8. The Labute approximate surface area is 108 Å². The van der Waals surface area contributed by atoms with Crippen LogP contribution in [0.5, 0.6) is 0 Å². The van der Waals surface area contributed by atoms with Gasteiger partial charge >= 0.3 is 0 Å². The van der Waals surface area contributed by atoms with E-state index >= 15 is 0 Å². The summed E-state index contributed by atoms with van der Waals surface area (Å²) in [6.45, 7) is 2.24. The van der Waals surface area contributed by atoms with Crippen molar-refractivity contribution in [3.8, 4) is 0 Å². The van der Waals surface area contributed by atoms with Gasteiger partial charge < -0.3 is 10.4 Å². The van der Waals surface area contributed by atoms with Gasteiger partial charge in [0.15, 0.2) is 0 Å². The van der Waals surface area contributed by atoms with Gasteiger partial charge in [0, 0.05) is 12.5 Å². The molecule has 2 rings (SSSR count). The first-order valence-corrected chi connectivity index (χ1v) is 6.35. The predicted octanol–water partition coefficient (Wildman–Crippen LogP) is 2.11. The molecule has 3 heteroatoms. The van der Waals surface area contributed by atoms with Gasteiger partial charge in [-0.3, -0.25) is 4.79 Å². The lowest BCUT2D eigenvalue weighted by Crippen LogP contribution is -2.33. The molecule has 1 aromatic carbocycles. The Balaban J connectivity index is 1.86. The van der Waals surface area contributed by atoms with Crippen LogP contribution in [-0.4, -0.2) is 17.6 Å². The number of allylic oxidation sites excluding steroid dienone is 2. The average Bonchev–Trinajstić information content (AvgIpc) is 2.90.